The highest BCUT2D eigenvalue weighted by Crippen LogP contribution is 2.53. The molecule has 18 atom stereocenters. The van der Waals surface area contributed by atoms with E-state index in [1.807, 2.05) is 85.8 Å². The van der Waals surface area contributed by atoms with Crippen LogP contribution in [-0.4, -0.2) is 115 Å². The number of nitrogens with zero attached hydrogens (tertiary/aromatic N) is 3. The van der Waals surface area contributed by atoms with Gasteiger partial charge in [-0.25, -0.2) is 40.7 Å². The van der Waals surface area contributed by atoms with Gasteiger partial charge in [-0.2, -0.15) is 0 Å². The summed E-state index contributed by atoms with van der Waals surface area (Å²) in [6.07, 6.45) is 28.4. The number of pyridine rings is 3. The van der Waals surface area contributed by atoms with Crippen LogP contribution in [0.2, 0.25) is 0 Å². The number of hydrogen-bond acceptors (Lipinski definition) is 14. The Morgan fingerprint density at radius 3 is 1.32 bits per heavy atom. The monoisotopic (exact) mass is 1470 g/mol. The predicted octanol–water partition coefficient (Wildman–Crippen LogP) is 14.7. The molecule has 9 fully saturated rings. The maximum atomic E-state index is 13.6. The van der Waals surface area contributed by atoms with E-state index in [9.17, 15) is 45.6 Å². The summed E-state index contributed by atoms with van der Waals surface area (Å²) in [6.45, 7) is 6.92. The van der Waals surface area contributed by atoms with Gasteiger partial charge in [0, 0.05) is 90.2 Å². The average Bonchev–Trinajstić information content (AvgIpc) is 1.55. The lowest BCUT2D eigenvalue weighted by Crippen LogP contribution is -2.50. The molecule has 6 heterocycles. The second-order valence-corrected chi connectivity index (χ2v) is 31.9. The number of rotatable bonds is 15. The van der Waals surface area contributed by atoms with Crippen LogP contribution in [0.25, 0.3) is 51.6 Å². The minimum atomic E-state index is -3.38. The van der Waals surface area contributed by atoms with E-state index in [1.165, 1.54) is 36.4 Å². The van der Waals surface area contributed by atoms with Gasteiger partial charge < -0.3 is 40.2 Å². The van der Waals surface area contributed by atoms with Crippen molar-refractivity contribution in [2.75, 3.05) is 26.4 Å². The Morgan fingerprint density at radius 1 is 0.491 bits per heavy atom. The lowest BCUT2D eigenvalue weighted by atomic mass is 9.59. The summed E-state index contributed by atoms with van der Waals surface area (Å²) in [6, 6.07) is 31.3. The molecule has 5 N–H and O–H groups in total. The molecule has 0 unspecified atom stereocenters. The molecule has 23 heteroatoms. The van der Waals surface area contributed by atoms with Crippen LogP contribution in [0.15, 0.2) is 146 Å². The fraction of sp³-hybridized carbons (Fsp3) is 0.470. The number of carbonyl (C=O) groups excluding carboxylic acids is 5. The minimum absolute atomic E-state index is 0.0504. The van der Waals surface area contributed by atoms with E-state index in [2.05, 4.69) is 53.1 Å². The van der Waals surface area contributed by atoms with Gasteiger partial charge in [-0.15, -0.1) is 0 Å². The van der Waals surface area contributed by atoms with E-state index in [4.69, 9.17) is 18.9 Å². The molecule has 4 amide bonds. The van der Waals surface area contributed by atoms with E-state index >= 15 is 0 Å². The number of allylic oxidation sites excluding steroid dienone is 1. The number of esters is 1. The number of fused-ring (bicyclic) bond motifs is 6. The van der Waals surface area contributed by atoms with Gasteiger partial charge in [-0.1, -0.05) is 72.8 Å². The van der Waals surface area contributed by atoms with Crippen molar-refractivity contribution in [1.29, 1.82) is 0 Å². The van der Waals surface area contributed by atoms with Crippen LogP contribution < -0.4 is 26.0 Å². The Bertz CT molecular complexity index is 4130. The highest BCUT2D eigenvalue weighted by atomic mass is 32.2. The van der Waals surface area contributed by atoms with Crippen LogP contribution in [-0.2, 0) is 38.6 Å². The highest BCUT2D eigenvalue weighted by Gasteiger charge is 2.55. The van der Waals surface area contributed by atoms with Crippen LogP contribution in [0, 0.1) is 88.5 Å². The number of sulfonamides is 1. The van der Waals surface area contributed by atoms with Crippen LogP contribution in [0.3, 0.4) is 0 Å². The molecule has 9 aliphatic rings. The van der Waals surface area contributed by atoms with Crippen molar-refractivity contribution in [1.82, 2.24) is 40.9 Å². The lowest BCUT2D eigenvalue weighted by molar-refractivity contribution is -0.145. The molecule has 106 heavy (non-hydrogen) atoms. The summed E-state index contributed by atoms with van der Waals surface area (Å²) in [5.74, 6) is 2.30. The van der Waals surface area contributed by atoms with Crippen molar-refractivity contribution in [3.05, 3.63) is 181 Å². The maximum Gasteiger partial charge on any atom is 0.407 e. The Balaban J connectivity index is 0.000000141. The third kappa shape index (κ3) is 18.2. The topological polar surface area (TPSA) is 255 Å². The maximum absolute atomic E-state index is 13.6. The number of nitrogens with one attached hydrogen (secondary N) is 5. The van der Waals surface area contributed by atoms with Gasteiger partial charge in [-0.3, -0.25) is 24.5 Å². The number of hydrogen-bond donors (Lipinski definition) is 5. The van der Waals surface area contributed by atoms with Crippen molar-refractivity contribution in [2.45, 2.75) is 146 Å². The predicted molar refractivity (Wildman–Crippen MR) is 397 cm³/mol. The largest absolute Gasteiger partial charge is 0.461 e. The molecule has 6 aromatic rings. The van der Waals surface area contributed by atoms with E-state index in [0.717, 1.165) is 128 Å². The first-order chi connectivity index (χ1) is 51.3. The fourth-order valence-electron chi connectivity index (χ4n) is 19.0. The van der Waals surface area contributed by atoms with E-state index in [-0.39, 0.29) is 113 Å². The zero-order valence-electron chi connectivity index (χ0n) is 60.1. The van der Waals surface area contributed by atoms with Crippen LogP contribution in [0.1, 0.15) is 128 Å². The number of halogens is 3. The summed E-state index contributed by atoms with van der Waals surface area (Å²) in [5.41, 5.74) is 7.27. The number of carbonyl (C=O) groups is 5. The summed E-state index contributed by atoms with van der Waals surface area (Å²) < 4.78 is 90.3. The third-order valence-electron chi connectivity index (χ3n) is 23.5. The van der Waals surface area contributed by atoms with Crippen molar-refractivity contribution in [3.63, 3.8) is 0 Å². The molecule has 0 spiro atoms. The van der Waals surface area contributed by atoms with Crippen molar-refractivity contribution >= 4 is 58.4 Å². The van der Waals surface area contributed by atoms with Gasteiger partial charge in [0.15, 0.2) is 0 Å². The van der Waals surface area contributed by atoms with Crippen molar-refractivity contribution in [2.24, 2.45) is 71.0 Å². The number of ether oxygens (including phenoxy) is 4. The Labute approximate surface area is 618 Å². The van der Waals surface area contributed by atoms with Crippen LogP contribution >= 0.6 is 0 Å². The van der Waals surface area contributed by atoms with E-state index in [1.54, 1.807) is 50.6 Å². The number of aromatic nitrogens is 3. The summed E-state index contributed by atoms with van der Waals surface area (Å²) in [5, 5.41) is 11.8. The second-order valence-electron chi connectivity index (χ2n) is 30.0. The quantitative estimate of drug-likeness (QED) is 0.0474. The SMILES string of the molecule is CCOC(=O)N[C@@H]1CC[C@@H]2[C@@H](C1)C[C@@H]1CC(=O)N[C@@H]1[C@H]2/C=C/c1ccc(-c2cccc(F)c2)cn1.CCOC(=O)N[C@@H]1CC[C@@H]2[C@@H](C1)C[C@@H]1CC(=O)O[C@@H]1[C@H]2/C=C/c1ccc(-c2cccc(F)c2)cn1.CCOC(=O)N[C@@H]1CC[C@@H]2[C@@H](C1)C[C@@H]1CNS(=O)(=O)[C@@H]1[C@H]2/C=C/c1ccc(-c2cccc(F)c2)cn1. The fourth-order valence-corrected chi connectivity index (χ4v) is 21.0. The molecule has 6 aliphatic carbocycles. The normalized spacial score (nSPS) is 30.2. The van der Waals surface area contributed by atoms with Gasteiger partial charge in [0.05, 0.1) is 48.6 Å². The number of benzene rings is 3. The standard InChI is InChI=1S/C28H32FN3O3.C28H31FN2O4.C27H32FN3O4S/c1-2-35-28(34)31-23-9-10-24-19(14-23)12-20-15-26(33)32-27(20)25(24)11-8-22-7-6-18(16-30-22)17-4-3-5-21(29)13-17;1-2-34-28(33)31-23-9-10-24-19(14-23)12-20-15-26(32)35-27(20)25(24)11-8-22-7-6-18(16-30-22)17-4-3-5-21(29)13-17;1-2-35-27(32)31-23-9-10-24-19(14-23)12-20-16-30-36(33,34)26(20)25(24)11-8-22-7-6-18(15-29-22)17-4-3-5-21(28)13-17/h3-8,11,13,16,19-20,23-25,27H,2,9-10,12,14-15H2,1H3,(H,31,34)(H,32,33);3-8,11,13,16,19-20,23-25,27H,2,9-10,12,14-15H2,1H3,(H,31,33);3-8,11,13,15,19-20,23-26,30H,2,9-10,12,14,16H2,1H3,(H,31,32)/b3*11-8+/t2*19-,20-,23-,24-,25+,27+;19-,20-,23-,24-,25+,26+/m111/s1. The summed E-state index contributed by atoms with van der Waals surface area (Å²) in [7, 11) is -3.38. The summed E-state index contributed by atoms with van der Waals surface area (Å²) >= 11 is 0. The first-order valence-electron chi connectivity index (χ1n) is 37.8. The lowest BCUT2D eigenvalue weighted by Gasteiger charge is -2.47. The Kier molecular flexibility index (Phi) is 24.2. The van der Waals surface area contributed by atoms with Crippen LogP contribution in [0.4, 0.5) is 27.6 Å². The first kappa shape index (κ1) is 75.0. The Hall–Kier alpha value is -9.22. The first-order valence-corrected chi connectivity index (χ1v) is 39.4. The molecule has 3 aromatic heterocycles. The number of alkyl carbamates (subject to hydrolysis) is 3. The van der Waals surface area contributed by atoms with Gasteiger partial charge >= 0.3 is 24.2 Å². The molecule has 15 rings (SSSR count). The molecule has 560 valence electrons. The molecule has 3 aliphatic heterocycles. The van der Waals surface area contributed by atoms with E-state index < -0.39 is 15.3 Å². The van der Waals surface area contributed by atoms with Crippen molar-refractivity contribution < 1.29 is 64.5 Å². The molecule has 3 aromatic carbocycles. The average molecular weight is 1470 g/mol. The smallest absolute Gasteiger partial charge is 0.407 e. The number of amides is 4. The Morgan fingerprint density at radius 2 is 0.896 bits per heavy atom. The molecule has 0 bridgehead atoms. The van der Waals surface area contributed by atoms with Crippen LogP contribution in [0.5, 0.6) is 0 Å². The van der Waals surface area contributed by atoms with Crippen molar-refractivity contribution in [3.8, 4) is 33.4 Å². The van der Waals surface area contributed by atoms with Gasteiger partial charge in [-0.05, 0) is 241 Å². The zero-order chi connectivity index (χ0) is 74.0. The zero-order valence-corrected chi connectivity index (χ0v) is 60.9. The molecule has 3 saturated heterocycles. The molecule has 6 saturated carbocycles. The van der Waals surface area contributed by atoms with Gasteiger partial charge in [0.2, 0.25) is 15.9 Å². The molecule has 19 nitrogen and oxygen atoms in total. The highest BCUT2D eigenvalue weighted by molar-refractivity contribution is 7.90. The summed E-state index contributed by atoms with van der Waals surface area (Å²) in [4.78, 5) is 73.9. The minimum Gasteiger partial charge on any atom is -0.461 e. The third-order valence-corrected chi connectivity index (χ3v) is 25.5. The second kappa shape index (κ2) is 34.1. The molecule has 0 radical (unpaired) electrons. The van der Waals surface area contributed by atoms with Gasteiger partial charge in [0.25, 0.3) is 0 Å². The van der Waals surface area contributed by atoms with Gasteiger partial charge in [0.1, 0.15) is 23.6 Å². The molecular weight excluding hydrogens is 1370 g/mol. The molecular formula is C83H95F3N8O11S. The van der Waals surface area contributed by atoms with E-state index in [0.29, 0.717) is 74.7 Å².